The number of unbranched alkanes of at least 4 members (excludes halogenated alkanes) is 13. The Bertz CT molecular complexity index is 1560. The summed E-state index contributed by atoms with van der Waals surface area (Å²) in [5.74, 6) is -2.36. The van der Waals surface area contributed by atoms with Crippen LogP contribution in [-0.4, -0.2) is 82.3 Å². The number of carbonyl (C=O) groups is 3. The number of carboxylic acids is 1. The maximum atomic E-state index is 12.8. The highest BCUT2D eigenvalue weighted by molar-refractivity contribution is 5.70. The topological polar surface area (TPSA) is 111 Å². The highest BCUT2D eigenvalue weighted by atomic mass is 16.7. The maximum absolute atomic E-state index is 12.8. The van der Waals surface area contributed by atoms with Crippen molar-refractivity contribution >= 4 is 17.9 Å². The molecule has 9 heteroatoms. The highest BCUT2D eigenvalue weighted by Crippen LogP contribution is 2.14. The minimum absolute atomic E-state index is 0.133. The molecule has 0 bridgehead atoms. The zero-order valence-electron chi connectivity index (χ0n) is 44.8. The quantitative estimate of drug-likeness (QED) is 0.0195. The van der Waals surface area contributed by atoms with E-state index in [1.807, 2.05) is 21.1 Å². The summed E-state index contributed by atoms with van der Waals surface area (Å²) in [6.07, 6.45) is 68.2. The van der Waals surface area contributed by atoms with Crippen molar-refractivity contribution in [1.29, 1.82) is 0 Å². The Kier molecular flexibility index (Phi) is 47.9. The summed E-state index contributed by atoms with van der Waals surface area (Å²) in [6, 6.07) is 0. The van der Waals surface area contributed by atoms with Gasteiger partial charge >= 0.3 is 11.9 Å². The second-order valence-corrected chi connectivity index (χ2v) is 18.8. The number of hydrogen-bond acceptors (Lipinski definition) is 8. The van der Waals surface area contributed by atoms with Crippen molar-refractivity contribution in [1.82, 2.24) is 0 Å². The Morgan fingerprint density at radius 3 is 1.21 bits per heavy atom. The fourth-order valence-corrected chi connectivity index (χ4v) is 6.80. The average Bonchev–Trinajstić information content (AvgIpc) is 3.33. The van der Waals surface area contributed by atoms with E-state index in [-0.39, 0.29) is 38.6 Å². The standard InChI is InChI=1S/C61H99NO8/c1-6-8-10-12-14-16-18-20-21-22-23-24-25-26-27-28-29-30-31-32-33-34-35-36-37-38-39-40-42-44-46-48-50-52-59(64)70-57(56-69-61(60(65)66)67-54-53-62(3,4)5)55-68-58(63)51-49-47-45-43-41-19-17-15-13-11-9-7-2/h8,10,14,16,20-21,23-24,26-27,29-30,32-33,35-36,38-39,42,44,57,61H,6-7,9,11-13,15,17-19,22,25,28,31,34,37,40-41,43,45-56H2,1-5H3/b10-8-,16-14-,21-20-,24-23-,27-26-,30-29-,33-32-,36-35-,39-38-,44-42-. The third-order valence-electron chi connectivity index (χ3n) is 11.0. The number of nitrogens with zero attached hydrogens (tertiary/aromatic N) is 1. The zero-order chi connectivity index (χ0) is 51.3. The van der Waals surface area contributed by atoms with Crippen LogP contribution in [-0.2, 0) is 33.3 Å². The van der Waals surface area contributed by atoms with E-state index >= 15 is 0 Å². The lowest BCUT2D eigenvalue weighted by Gasteiger charge is -2.26. The number of quaternary nitrogens is 1. The van der Waals surface area contributed by atoms with Crippen molar-refractivity contribution in [3.05, 3.63) is 122 Å². The number of carbonyl (C=O) groups excluding carboxylic acids is 3. The summed E-state index contributed by atoms with van der Waals surface area (Å²) in [5, 5.41) is 11.7. The molecule has 0 radical (unpaired) electrons. The molecule has 0 saturated carbocycles. The summed E-state index contributed by atoms with van der Waals surface area (Å²) in [7, 11) is 5.89. The highest BCUT2D eigenvalue weighted by Gasteiger charge is 2.21. The molecule has 0 aromatic rings. The summed E-state index contributed by atoms with van der Waals surface area (Å²) >= 11 is 0. The van der Waals surface area contributed by atoms with Crippen LogP contribution in [0.5, 0.6) is 0 Å². The minimum Gasteiger partial charge on any atom is -0.545 e. The smallest absolute Gasteiger partial charge is 0.306 e. The molecule has 396 valence electrons. The molecule has 0 N–H and O–H groups in total. The van der Waals surface area contributed by atoms with E-state index in [1.54, 1.807) is 0 Å². The number of carboxylic acid groups (broad SMARTS) is 1. The average molecular weight is 974 g/mol. The van der Waals surface area contributed by atoms with E-state index in [0.29, 0.717) is 17.4 Å². The summed E-state index contributed by atoms with van der Waals surface area (Å²) in [4.78, 5) is 37.1. The van der Waals surface area contributed by atoms with Crippen LogP contribution < -0.4 is 5.11 Å². The van der Waals surface area contributed by atoms with Crippen molar-refractivity contribution < 1.29 is 42.9 Å². The number of ether oxygens (including phenoxy) is 4. The predicted octanol–water partition coefficient (Wildman–Crippen LogP) is 14.4. The summed E-state index contributed by atoms with van der Waals surface area (Å²) < 4.78 is 22.5. The maximum Gasteiger partial charge on any atom is 0.306 e. The van der Waals surface area contributed by atoms with E-state index in [0.717, 1.165) is 96.3 Å². The molecule has 0 aromatic carbocycles. The number of aliphatic carboxylic acids is 1. The molecule has 0 heterocycles. The fourth-order valence-electron chi connectivity index (χ4n) is 6.80. The van der Waals surface area contributed by atoms with Crippen LogP contribution in [0, 0.1) is 0 Å². The van der Waals surface area contributed by atoms with Gasteiger partial charge in [0.25, 0.3) is 0 Å². The van der Waals surface area contributed by atoms with Gasteiger partial charge in [0, 0.05) is 12.8 Å². The van der Waals surface area contributed by atoms with Gasteiger partial charge in [-0.25, -0.2) is 0 Å². The molecule has 0 aliphatic heterocycles. The van der Waals surface area contributed by atoms with E-state index in [1.165, 1.54) is 57.8 Å². The molecule has 2 atom stereocenters. The summed E-state index contributed by atoms with van der Waals surface area (Å²) in [5.41, 5.74) is 0. The van der Waals surface area contributed by atoms with E-state index < -0.39 is 24.3 Å². The second kappa shape index (κ2) is 51.1. The Hall–Kier alpha value is -4.31. The van der Waals surface area contributed by atoms with E-state index in [2.05, 4.69) is 135 Å². The Labute approximate surface area is 427 Å². The molecule has 0 aliphatic rings. The molecule has 70 heavy (non-hydrogen) atoms. The van der Waals surface area contributed by atoms with Crippen LogP contribution in [0.4, 0.5) is 0 Å². The summed E-state index contributed by atoms with van der Waals surface area (Å²) in [6.45, 7) is 4.55. The molecule has 0 fully saturated rings. The van der Waals surface area contributed by atoms with Crippen molar-refractivity contribution in [2.24, 2.45) is 0 Å². The third kappa shape index (κ3) is 51.5. The van der Waals surface area contributed by atoms with Crippen LogP contribution in [0.2, 0.25) is 0 Å². The first-order chi connectivity index (χ1) is 34.1. The number of hydrogen-bond donors (Lipinski definition) is 0. The number of allylic oxidation sites excluding steroid dienone is 20. The van der Waals surface area contributed by atoms with Crippen molar-refractivity contribution in [3.63, 3.8) is 0 Å². The first-order valence-electron chi connectivity index (χ1n) is 27.2. The van der Waals surface area contributed by atoms with E-state index in [9.17, 15) is 19.5 Å². The van der Waals surface area contributed by atoms with Crippen molar-refractivity contribution in [2.45, 2.75) is 200 Å². The van der Waals surface area contributed by atoms with Crippen LogP contribution in [0.25, 0.3) is 0 Å². The normalized spacial score (nSPS) is 13.8. The van der Waals surface area contributed by atoms with Gasteiger partial charge in [-0.2, -0.15) is 0 Å². The van der Waals surface area contributed by atoms with Crippen LogP contribution in [0.1, 0.15) is 187 Å². The lowest BCUT2D eigenvalue weighted by atomic mass is 10.0. The molecule has 9 nitrogen and oxygen atoms in total. The Morgan fingerprint density at radius 2 is 0.814 bits per heavy atom. The Balaban J connectivity index is 4.36. The molecule has 2 unspecified atom stereocenters. The Morgan fingerprint density at radius 1 is 0.443 bits per heavy atom. The third-order valence-corrected chi connectivity index (χ3v) is 11.0. The van der Waals surface area contributed by atoms with Gasteiger partial charge in [-0.3, -0.25) is 9.59 Å². The lowest BCUT2D eigenvalue weighted by molar-refractivity contribution is -0.870. The number of esters is 2. The largest absolute Gasteiger partial charge is 0.545 e. The zero-order valence-corrected chi connectivity index (χ0v) is 44.8. The molecule has 0 amide bonds. The molecule has 0 rings (SSSR count). The van der Waals surface area contributed by atoms with Gasteiger partial charge in [-0.15, -0.1) is 0 Å². The number of rotatable bonds is 48. The van der Waals surface area contributed by atoms with Gasteiger partial charge in [0.2, 0.25) is 0 Å². The van der Waals surface area contributed by atoms with Crippen molar-refractivity contribution in [3.8, 4) is 0 Å². The lowest BCUT2D eigenvalue weighted by Crippen LogP contribution is -2.44. The molecule has 0 aromatic heterocycles. The van der Waals surface area contributed by atoms with Crippen LogP contribution in [0.15, 0.2) is 122 Å². The van der Waals surface area contributed by atoms with Crippen LogP contribution >= 0.6 is 0 Å². The van der Waals surface area contributed by atoms with Gasteiger partial charge in [0.1, 0.15) is 13.2 Å². The molecule has 0 aliphatic carbocycles. The van der Waals surface area contributed by atoms with Gasteiger partial charge < -0.3 is 33.3 Å². The van der Waals surface area contributed by atoms with Gasteiger partial charge in [-0.05, 0) is 89.9 Å². The predicted molar refractivity (Wildman–Crippen MR) is 292 cm³/mol. The molecule has 0 saturated heterocycles. The van der Waals surface area contributed by atoms with Gasteiger partial charge in [0.05, 0.1) is 40.3 Å². The van der Waals surface area contributed by atoms with Gasteiger partial charge in [-0.1, -0.05) is 206 Å². The van der Waals surface area contributed by atoms with Gasteiger partial charge in [0.15, 0.2) is 12.4 Å². The molecule has 0 spiro atoms. The minimum atomic E-state index is -1.64. The van der Waals surface area contributed by atoms with E-state index in [4.69, 9.17) is 18.9 Å². The first-order valence-corrected chi connectivity index (χ1v) is 27.2. The molecular formula is C61H99NO8. The van der Waals surface area contributed by atoms with Crippen molar-refractivity contribution in [2.75, 3.05) is 47.5 Å². The van der Waals surface area contributed by atoms with Crippen LogP contribution in [0.3, 0.4) is 0 Å². The SMILES string of the molecule is CC/C=C\C/C=C\C/C=C\C/C=C\C/C=C\C/C=C\C/C=C\C/C=C\C/C=C\C/C=C\CCCCC(=O)OC(COC(=O)CCCCCCCCCCCCCC)COC(OCC[N+](C)(C)C)C(=O)[O-]. The first kappa shape index (κ1) is 65.7. The number of likely N-dealkylation sites (N-methyl/N-ethyl adjacent to an activating group) is 1. The second-order valence-electron chi connectivity index (χ2n) is 18.8. The molecular weight excluding hydrogens is 875 g/mol. The fraction of sp³-hybridized carbons (Fsp3) is 0.623. The monoisotopic (exact) mass is 974 g/mol.